The molecular formula is C40H44N4O8. The van der Waals surface area contributed by atoms with Crippen LogP contribution in [-0.2, 0) is 32.2 Å². The first-order valence-corrected chi connectivity index (χ1v) is 17.6. The van der Waals surface area contributed by atoms with Crippen LogP contribution < -0.4 is 10.2 Å². The fourth-order valence-electron chi connectivity index (χ4n) is 6.75. The van der Waals surface area contributed by atoms with Crippen molar-refractivity contribution in [3.05, 3.63) is 129 Å². The molecule has 12 heteroatoms. The molecule has 0 spiro atoms. The Morgan fingerprint density at radius 3 is 2.21 bits per heavy atom. The van der Waals surface area contributed by atoms with Crippen LogP contribution in [0.3, 0.4) is 0 Å². The highest BCUT2D eigenvalue weighted by Crippen LogP contribution is 2.39. The maximum Gasteiger partial charge on any atom is 0.303 e. The number of nitro benzene ring substituents is 1. The molecule has 6 rings (SSSR count). The molecule has 2 aliphatic rings. The average Bonchev–Trinajstić information content (AvgIpc) is 3.17. The molecule has 12 nitrogen and oxygen atoms in total. The van der Waals surface area contributed by atoms with Gasteiger partial charge in [0.05, 0.1) is 23.7 Å². The van der Waals surface area contributed by atoms with Crippen molar-refractivity contribution in [1.82, 2.24) is 10.2 Å². The number of benzene rings is 4. The lowest BCUT2D eigenvalue weighted by Crippen LogP contribution is -2.49. The van der Waals surface area contributed by atoms with Gasteiger partial charge < -0.3 is 29.9 Å². The van der Waals surface area contributed by atoms with Crippen LogP contribution in [0.15, 0.2) is 97.1 Å². The fourth-order valence-corrected chi connectivity index (χ4v) is 6.75. The molecule has 2 fully saturated rings. The van der Waals surface area contributed by atoms with Gasteiger partial charge in [-0.05, 0) is 46.4 Å². The second-order valence-electron chi connectivity index (χ2n) is 13.2. The lowest BCUT2D eigenvalue weighted by Gasteiger charge is -2.41. The number of nitrogens with zero attached hydrogens (tertiary/aromatic N) is 3. The number of nitro groups is 1. The first kappa shape index (κ1) is 36.6. The van der Waals surface area contributed by atoms with Crippen LogP contribution in [0.25, 0.3) is 11.1 Å². The topological polar surface area (TPSA) is 155 Å². The van der Waals surface area contributed by atoms with Gasteiger partial charge in [0.25, 0.3) is 5.69 Å². The largest absolute Gasteiger partial charge is 0.481 e. The van der Waals surface area contributed by atoms with E-state index in [9.17, 15) is 24.8 Å². The molecule has 3 unspecified atom stereocenters. The Balaban J connectivity index is 1.12. The highest BCUT2D eigenvalue weighted by Gasteiger charge is 2.34. The number of aliphatic hydroxyl groups excluding tert-OH is 1. The summed E-state index contributed by atoms with van der Waals surface area (Å²) in [5.41, 5.74) is 6.72. The van der Waals surface area contributed by atoms with Gasteiger partial charge in [-0.1, -0.05) is 72.8 Å². The minimum absolute atomic E-state index is 0.0271. The zero-order chi connectivity index (χ0) is 36.5. The first-order valence-electron chi connectivity index (χ1n) is 17.6. The number of amides is 1. The van der Waals surface area contributed by atoms with Crippen molar-refractivity contribution < 1.29 is 34.2 Å². The van der Waals surface area contributed by atoms with Gasteiger partial charge in [0.15, 0.2) is 6.29 Å². The molecule has 0 saturated carbocycles. The third-order valence-corrected chi connectivity index (χ3v) is 9.66. The van der Waals surface area contributed by atoms with Gasteiger partial charge in [-0.25, -0.2) is 0 Å². The van der Waals surface area contributed by atoms with E-state index in [1.165, 1.54) is 0 Å². The summed E-state index contributed by atoms with van der Waals surface area (Å²) >= 11 is 0. The van der Waals surface area contributed by atoms with Crippen molar-refractivity contribution in [2.45, 2.75) is 57.3 Å². The normalized spacial score (nSPS) is 19.2. The molecule has 2 heterocycles. The maximum absolute atomic E-state index is 12.3. The summed E-state index contributed by atoms with van der Waals surface area (Å²) in [5, 5.41) is 32.4. The molecule has 1 amide bonds. The number of non-ortho nitro benzene ring substituents is 1. The number of carboxylic acid groups (broad SMARTS) is 1. The summed E-state index contributed by atoms with van der Waals surface area (Å²) in [6.07, 6.45) is 0.181. The molecule has 3 atom stereocenters. The van der Waals surface area contributed by atoms with Crippen LogP contribution in [0, 0.1) is 10.1 Å². The number of nitrogens with one attached hydrogen (secondary N) is 1. The third-order valence-electron chi connectivity index (χ3n) is 9.66. The summed E-state index contributed by atoms with van der Waals surface area (Å²) in [5.74, 6) is -1.09. The Morgan fingerprint density at radius 1 is 0.846 bits per heavy atom. The van der Waals surface area contributed by atoms with E-state index in [1.54, 1.807) is 12.1 Å². The van der Waals surface area contributed by atoms with Crippen molar-refractivity contribution in [2.24, 2.45) is 0 Å². The number of rotatable bonds is 14. The van der Waals surface area contributed by atoms with Crippen LogP contribution in [0.1, 0.15) is 60.3 Å². The van der Waals surface area contributed by atoms with Gasteiger partial charge >= 0.3 is 5.97 Å². The second kappa shape index (κ2) is 17.4. The fraction of sp³-hybridized carbons (Fsp3) is 0.350. The molecule has 0 radical (unpaired) electrons. The number of carboxylic acids is 1. The standard InChI is InChI=1S/C40H44N4O8/c45-27-28-8-10-30(11-9-28)37-24-35(26-42-20-22-43(23-21-42)33-16-18-34(19-17-33)44(49)50)51-40(52-37)31-14-12-29(13-15-31)36-5-2-1-4-32(36)25-41-38(46)6-3-7-39(47)48/h1-2,4-5,8-19,35,37,40,45H,3,6-7,20-27H2,(H,41,46)(H,47,48). The lowest BCUT2D eigenvalue weighted by molar-refractivity contribution is -0.384. The van der Waals surface area contributed by atoms with Crippen LogP contribution in [0.4, 0.5) is 11.4 Å². The Kier molecular flexibility index (Phi) is 12.3. The number of hydrogen-bond acceptors (Lipinski definition) is 9. The van der Waals surface area contributed by atoms with E-state index in [0.717, 1.165) is 71.8 Å². The monoisotopic (exact) mass is 708 g/mol. The van der Waals surface area contributed by atoms with E-state index in [0.29, 0.717) is 19.4 Å². The Hall–Kier alpha value is -5.14. The molecule has 2 aliphatic heterocycles. The van der Waals surface area contributed by atoms with Crippen LogP contribution >= 0.6 is 0 Å². The predicted molar refractivity (Wildman–Crippen MR) is 195 cm³/mol. The average molecular weight is 709 g/mol. The molecule has 272 valence electrons. The third kappa shape index (κ3) is 9.59. The first-order chi connectivity index (χ1) is 25.2. The molecule has 3 N–H and O–H groups in total. The smallest absolute Gasteiger partial charge is 0.303 e. The van der Waals surface area contributed by atoms with Gasteiger partial charge in [0.1, 0.15) is 0 Å². The van der Waals surface area contributed by atoms with Gasteiger partial charge in [-0.15, -0.1) is 0 Å². The highest BCUT2D eigenvalue weighted by molar-refractivity contribution is 5.77. The van der Waals surface area contributed by atoms with Gasteiger partial charge in [-0.3, -0.25) is 24.6 Å². The molecule has 52 heavy (non-hydrogen) atoms. The number of carbonyl (C=O) groups excluding carboxylic acids is 1. The second-order valence-corrected chi connectivity index (χ2v) is 13.2. The van der Waals surface area contributed by atoms with Crippen molar-refractivity contribution in [3.8, 4) is 11.1 Å². The van der Waals surface area contributed by atoms with E-state index in [-0.39, 0.29) is 48.2 Å². The van der Waals surface area contributed by atoms with Crippen molar-refractivity contribution in [1.29, 1.82) is 0 Å². The van der Waals surface area contributed by atoms with E-state index in [1.807, 2.05) is 84.9 Å². The zero-order valence-corrected chi connectivity index (χ0v) is 28.9. The van der Waals surface area contributed by atoms with E-state index >= 15 is 0 Å². The number of hydrogen-bond donors (Lipinski definition) is 3. The molecule has 0 aromatic heterocycles. The quantitative estimate of drug-likeness (QED) is 0.105. The van der Waals surface area contributed by atoms with Crippen LogP contribution in [0.5, 0.6) is 0 Å². The zero-order valence-electron chi connectivity index (χ0n) is 28.9. The summed E-state index contributed by atoms with van der Waals surface area (Å²) < 4.78 is 13.2. The van der Waals surface area contributed by atoms with Crippen LogP contribution in [-0.4, -0.2) is 70.7 Å². The summed E-state index contributed by atoms with van der Waals surface area (Å²) in [6.45, 7) is 4.29. The van der Waals surface area contributed by atoms with Gasteiger partial charge in [0, 0.05) is 81.9 Å². The minimum Gasteiger partial charge on any atom is -0.481 e. The lowest BCUT2D eigenvalue weighted by atomic mass is 9.97. The Labute approximate surface area is 302 Å². The van der Waals surface area contributed by atoms with Gasteiger partial charge in [0.2, 0.25) is 5.91 Å². The molecule has 4 aromatic rings. The van der Waals surface area contributed by atoms with Crippen molar-refractivity contribution >= 4 is 23.3 Å². The molecule has 0 bridgehead atoms. The number of ether oxygens (including phenoxy) is 2. The summed E-state index contributed by atoms with van der Waals surface area (Å²) in [6, 6.07) is 30.5. The number of piperazine rings is 1. The molecular weight excluding hydrogens is 664 g/mol. The summed E-state index contributed by atoms with van der Waals surface area (Å²) in [7, 11) is 0. The van der Waals surface area contributed by atoms with Crippen molar-refractivity contribution in [3.63, 3.8) is 0 Å². The number of aliphatic hydroxyl groups is 1. The van der Waals surface area contributed by atoms with Gasteiger partial charge in [-0.2, -0.15) is 0 Å². The van der Waals surface area contributed by atoms with E-state index in [2.05, 4.69) is 15.1 Å². The highest BCUT2D eigenvalue weighted by atomic mass is 16.7. The molecule has 2 saturated heterocycles. The Bertz CT molecular complexity index is 1810. The SMILES string of the molecule is O=C(O)CCCC(=O)NCc1ccccc1-c1ccc(C2OC(CN3CCN(c4ccc([N+](=O)[O-])cc4)CC3)CC(c3ccc(CO)cc3)O2)cc1. The van der Waals surface area contributed by atoms with Crippen molar-refractivity contribution in [2.75, 3.05) is 37.6 Å². The van der Waals surface area contributed by atoms with E-state index < -0.39 is 12.3 Å². The number of carbonyl (C=O) groups is 2. The number of anilines is 1. The van der Waals surface area contributed by atoms with E-state index in [4.69, 9.17) is 14.6 Å². The van der Waals surface area contributed by atoms with Crippen LogP contribution in [0.2, 0.25) is 0 Å². The molecule has 0 aliphatic carbocycles. The minimum atomic E-state index is -0.912. The predicted octanol–water partition coefficient (Wildman–Crippen LogP) is 5.99. The maximum atomic E-state index is 12.3. The molecule has 4 aromatic carbocycles. The summed E-state index contributed by atoms with van der Waals surface area (Å²) in [4.78, 5) is 38.4. The number of aliphatic carboxylic acids is 1. The Morgan fingerprint density at radius 2 is 1.54 bits per heavy atom.